The van der Waals surface area contributed by atoms with E-state index in [0.29, 0.717) is 5.82 Å². The Bertz CT molecular complexity index is 1010. The number of esters is 1. The molecule has 4 rings (SSSR count). The Labute approximate surface area is 162 Å². The summed E-state index contributed by atoms with van der Waals surface area (Å²) in [5.74, 6) is 0.0544. The van der Waals surface area contributed by atoms with E-state index in [4.69, 9.17) is 16.3 Å². The maximum Gasteiger partial charge on any atom is 0.358 e. The Morgan fingerprint density at radius 2 is 1.96 bits per heavy atom. The van der Waals surface area contributed by atoms with Crippen LogP contribution in [-0.4, -0.2) is 26.8 Å². The van der Waals surface area contributed by atoms with Gasteiger partial charge in [-0.1, -0.05) is 35.9 Å². The minimum absolute atomic E-state index is 0.126. The SMILES string of the molecule is Cc1cc(C)n(-c2ccc(Cl)c(C(=O)OC3CCc4ccccc4C3)n2)n1. The lowest BCUT2D eigenvalue weighted by Gasteiger charge is -2.24. The van der Waals surface area contributed by atoms with Gasteiger partial charge in [0.1, 0.15) is 6.10 Å². The van der Waals surface area contributed by atoms with Crippen molar-refractivity contribution < 1.29 is 9.53 Å². The van der Waals surface area contributed by atoms with Gasteiger partial charge in [0.2, 0.25) is 0 Å². The maximum absolute atomic E-state index is 12.7. The summed E-state index contributed by atoms with van der Waals surface area (Å²) in [6.07, 6.45) is 2.26. The number of hydrogen-bond donors (Lipinski definition) is 0. The molecule has 0 fully saturated rings. The highest BCUT2D eigenvalue weighted by molar-refractivity contribution is 6.33. The number of halogens is 1. The van der Waals surface area contributed by atoms with Crippen molar-refractivity contribution in [2.45, 2.75) is 39.2 Å². The molecule has 0 radical (unpaired) electrons. The van der Waals surface area contributed by atoms with Crippen molar-refractivity contribution in [2.75, 3.05) is 0 Å². The van der Waals surface area contributed by atoms with Gasteiger partial charge in [0.25, 0.3) is 0 Å². The van der Waals surface area contributed by atoms with E-state index in [1.54, 1.807) is 16.8 Å². The number of ether oxygens (including phenoxy) is 1. The molecule has 1 aliphatic rings. The third-order valence-electron chi connectivity index (χ3n) is 4.83. The molecule has 3 aromatic rings. The molecule has 5 nitrogen and oxygen atoms in total. The van der Waals surface area contributed by atoms with Crippen molar-refractivity contribution in [3.8, 4) is 5.82 Å². The zero-order valence-corrected chi connectivity index (χ0v) is 16.0. The standard InChI is InChI=1S/C21H20ClN3O2/c1-13-11-14(2)25(24-13)19-10-9-18(22)20(23-19)21(26)27-17-8-7-15-5-3-4-6-16(15)12-17/h3-6,9-11,17H,7-8,12H2,1-2H3. The second kappa shape index (κ2) is 7.16. The van der Waals surface area contributed by atoms with E-state index in [0.717, 1.165) is 30.7 Å². The minimum atomic E-state index is -0.493. The van der Waals surface area contributed by atoms with Gasteiger partial charge in [-0.05, 0) is 56.0 Å². The molecule has 0 saturated heterocycles. The fourth-order valence-corrected chi connectivity index (χ4v) is 3.71. The Morgan fingerprint density at radius 1 is 1.19 bits per heavy atom. The van der Waals surface area contributed by atoms with Gasteiger partial charge in [-0.3, -0.25) is 0 Å². The van der Waals surface area contributed by atoms with Crippen LogP contribution in [0.3, 0.4) is 0 Å². The van der Waals surface area contributed by atoms with Crippen LogP contribution < -0.4 is 0 Å². The lowest BCUT2D eigenvalue weighted by Crippen LogP contribution is -2.26. The molecule has 1 unspecified atom stereocenters. The molecular formula is C21H20ClN3O2. The molecule has 1 aliphatic carbocycles. The van der Waals surface area contributed by atoms with Crippen molar-refractivity contribution in [2.24, 2.45) is 0 Å². The van der Waals surface area contributed by atoms with E-state index in [1.807, 2.05) is 32.0 Å². The molecule has 0 saturated carbocycles. The van der Waals surface area contributed by atoms with Crippen LogP contribution in [0.1, 0.15) is 39.4 Å². The molecule has 0 bridgehead atoms. The largest absolute Gasteiger partial charge is 0.457 e. The minimum Gasteiger partial charge on any atom is -0.457 e. The molecule has 2 heterocycles. The smallest absolute Gasteiger partial charge is 0.358 e. The first-order valence-electron chi connectivity index (χ1n) is 8.99. The summed E-state index contributed by atoms with van der Waals surface area (Å²) in [5.41, 5.74) is 4.50. The normalized spacial score (nSPS) is 16.0. The molecule has 2 aromatic heterocycles. The molecule has 0 N–H and O–H groups in total. The first-order chi connectivity index (χ1) is 13.0. The summed E-state index contributed by atoms with van der Waals surface area (Å²) in [7, 11) is 0. The number of nitrogens with zero attached hydrogens (tertiary/aromatic N) is 3. The molecule has 1 atom stereocenters. The van der Waals surface area contributed by atoms with Crippen molar-refractivity contribution >= 4 is 17.6 Å². The number of carbonyl (C=O) groups is 1. The van der Waals surface area contributed by atoms with E-state index in [2.05, 4.69) is 22.2 Å². The van der Waals surface area contributed by atoms with Crippen molar-refractivity contribution in [3.63, 3.8) is 0 Å². The molecular weight excluding hydrogens is 362 g/mol. The van der Waals surface area contributed by atoms with Crippen LogP contribution in [0.2, 0.25) is 5.02 Å². The molecule has 0 aliphatic heterocycles. The average Bonchev–Trinajstić information content (AvgIpc) is 3.00. The Balaban J connectivity index is 1.55. The lowest BCUT2D eigenvalue weighted by atomic mass is 9.90. The highest BCUT2D eigenvalue weighted by atomic mass is 35.5. The number of rotatable bonds is 3. The van der Waals surface area contributed by atoms with Gasteiger partial charge < -0.3 is 4.74 Å². The predicted octanol–water partition coefficient (Wildman–Crippen LogP) is 4.25. The Morgan fingerprint density at radius 3 is 2.70 bits per heavy atom. The monoisotopic (exact) mass is 381 g/mol. The van der Waals surface area contributed by atoms with Gasteiger partial charge >= 0.3 is 5.97 Å². The van der Waals surface area contributed by atoms with Gasteiger partial charge in [0.05, 0.1) is 10.7 Å². The van der Waals surface area contributed by atoms with Crippen LogP contribution in [0.25, 0.3) is 5.82 Å². The van der Waals surface area contributed by atoms with Crippen molar-refractivity contribution in [1.82, 2.24) is 14.8 Å². The highest BCUT2D eigenvalue weighted by Crippen LogP contribution is 2.25. The van der Waals surface area contributed by atoms with E-state index < -0.39 is 5.97 Å². The first-order valence-corrected chi connectivity index (χ1v) is 9.37. The summed E-state index contributed by atoms with van der Waals surface area (Å²) >= 11 is 6.23. The second-order valence-corrected chi connectivity index (χ2v) is 7.28. The third-order valence-corrected chi connectivity index (χ3v) is 5.13. The van der Waals surface area contributed by atoms with Gasteiger partial charge in [-0.2, -0.15) is 5.10 Å². The number of carbonyl (C=O) groups excluding carboxylic acids is 1. The van der Waals surface area contributed by atoms with Gasteiger partial charge in [-0.15, -0.1) is 0 Å². The molecule has 27 heavy (non-hydrogen) atoms. The fraction of sp³-hybridized carbons (Fsp3) is 0.286. The zero-order chi connectivity index (χ0) is 19.0. The third kappa shape index (κ3) is 3.60. The maximum atomic E-state index is 12.7. The number of hydrogen-bond acceptors (Lipinski definition) is 4. The van der Waals surface area contributed by atoms with E-state index in [-0.39, 0.29) is 16.8 Å². The Kier molecular flexibility index (Phi) is 4.70. The highest BCUT2D eigenvalue weighted by Gasteiger charge is 2.24. The van der Waals surface area contributed by atoms with Crippen LogP contribution in [0, 0.1) is 13.8 Å². The van der Waals surface area contributed by atoms with Crippen LogP contribution in [0.4, 0.5) is 0 Å². The van der Waals surface area contributed by atoms with Crippen molar-refractivity contribution in [1.29, 1.82) is 0 Å². The first kappa shape index (κ1) is 17.7. The predicted molar refractivity (Wildman–Crippen MR) is 104 cm³/mol. The van der Waals surface area contributed by atoms with E-state index in [9.17, 15) is 4.79 Å². The van der Waals surface area contributed by atoms with Crippen LogP contribution >= 0.6 is 11.6 Å². The average molecular weight is 382 g/mol. The quantitative estimate of drug-likeness (QED) is 0.636. The Hall–Kier alpha value is -2.66. The number of fused-ring (bicyclic) bond motifs is 1. The molecule has 138 valence electrons. The lowest BCUT2D eigenvalue weighted by molar-refractivity contribution is 0.0264. The number of benzene rings is 1. The van der Waals surface area contributed by atoms with E-state index >= 15 is 0 Å². The van der Waals surface area contributed by atoms with Crippen LogP contribution in [0.15, 0.2) is 42.5 Å². The summed E-state index contributed by atoms with van der Waals surface area (Å²) in [5, 5.41) is 4.69. The molecule has 1 aromatic carbocycles. The van der Waals surface area contributed by atoms with Crippen molar-refractivity contribution in [3.05, 3.63) is 75.7 Å². The number of aromatic nitrogens is 3. The topological polar surface area (TPSA) is 57.0 Å². The molecule has 0 spiro atoms. The molecule has 6 heteroatoms. The van der Waals surface area contributed by atoms with Gasteiger partial charge in [0.15, 0.2) is 11.5 Å². The molecule has 0 amide bonds. The summed E-state index contributed by atoms with van der Waals surface area (Å²) in [4.78, 5) is 17.1. The van der Waals surface area contributed by atoms with E-state index in [1.165, 1.54) is 11.1 Å². The van der Waals surface area contributed by atoms with Crippen LogP contribution in [0.5, 0.6) is 0 Å². The van der Waals surface area contributed by atoms with Crippen LogP contribution in [-0.2, 0) is 17.6 Å². The number of pyridine rings is 1. The summed E-state index contributed by atoms with van der Waals surface area (Å²) in [6, 6.07) is 13.6. The second-order valence-electron chi connectivity index (χ2n) is 6.88. The number of aryl methyl sites for hydroxylation is 3. The zero-order valence-electron chi connectivity index (χ0n) is 15.3. The summed E-state index contributed by atoms with van der Waals surface area (Å²) in [6.45, 7) is 3.85. The fourth-order valence-electron chi connectivity index (χ4n) is 3.53. The summed E-state index contributed by atoms with van der Waals surface area (Å²) < 4.78 is 7.42. The van der Waals surface area contributed by atoms with Gasteiger partial charge in [-0.25, -0.2) is 14.5 Å². The van der Waals surface area contributed by atoms with Gasteiger partial charge in [0, 0.05) is 12.1 Å².